The number of hydrogen-bond donors (Lipinski definition) is 3. The summed E-state index contributed by atoms with van der Waals surface area (Å²) in [6, 6.07) is -0.529. The van der Waals surface area contributed by atoms with E-state index in [4.69, 9.17) is 0 Å². The van der Waals surface area contributed by atoms with Gasteiger partial charge >= 0.3 is 0 Å². The Morgan fingerprint density at radius 1 is 0.821 bits per heavy atom. The third kappa shape index (κ3) is 17.2. The zero-order valence-electron chi connectivity index (χ0n) is 18.6. The van der Waals surface area contributed by atoms with Gasteiger partial charge in [0.25, 0.3) is 0 Å². The number of hydrogen-bond acceptors (Lipinski definition) is 3. The lowest BCUT2D eigenvalue weighted by molar-refractivity contribution is -0.123. The van der Waals surface area contributed by atoms with Gasteiger partial charge < -0.3 is 15.5 Å². The Labute approximate surface area is 174 Å². The van der Waals surface area contributed by atoms with Crippen LogP contribution in [0.5, 0.6) is 0 Å². The van der Waals surface area contributed by atoms with Gasteiger partial charge in [0.15, 0.2) is 0 Å². The minimum atomic E-state index is -0.652. The lowest BCUT2D eigenvalue weighted by Crippen LogP contribution is -2.45. The molecule has 0 aromatic carbocycles. The molecule has 0 aliphatic rings. The Morgan fingerprint density at radius 2 is 1.36 bits per heavy atom. The van der Waals surface area contributed by atoms with Crippen LogP contribution >= 0.6 is 0 Å². The summed E-state index contributed by atoms with van der Waals surface area (Å²) in [5.41, 5.74) is 0. The first-order valence-corrected chi connectivity index (χ1v) is 11.9. The summed E-state index contributed by atoms with van der Waals surface area (Å²) in [5, 5.41) is 22.4. The summed E-state index contributed by atoms with van der Waals surface area (Å²) in [4.78, 5) is 12.0. The monoisotopic (exact) mass is 397 g/mol. The highest BCUT2D eigenvalue weighted by molar-refractivity contribution is 5.76. The van der Waals surface area contributed by atoms with Crippen molar-refractivity contribution in [2.45, 2.75) is 129 Å². The fourth-order valence-corrected chi connectivity index (χ4v) is 3.35. The van der Waals surface area contributed by atoms with Crippen LogP contribution in [-0.2, 0) is 4.79 Å². The molecule has 0 aliphatic heterocycles. The molecule has 3 N–H and O–H groups in total. The second-order valence-electron chi connectivity index (χ2n) is 8.05. The van der Waals surface area contributed by atoms with Crippen molar-refractivity contribution < 1.29 is 15.0 Å². The molecule has 4 nitrogen and oxygen atoms in total. The topological polar surface area (TPSA) is 69.6 Å². The number of allylic oxidation sites excluding steroid dienone is 2. The largest absolute Gasteiger partial charge is 0.394 e. The molecule has 0 saturated heterocycles. The number of unbranched alkanes of at least 4 members (excludes halogenated alkanes) is 11. The molecule has 28 heavy (non-hydrogen) atoms. The number of rotatable bonds is 20. The van der Waals surface area contributed by atoms with Crippen LogP contribution in [0.15, 0.2) is 12.2 Å². The third-order valence-corrected chi connectivity index (χ3v) is 5.28. The Kier molecular flexibility index (Phi) is 20.2. The summed E-state index contributed by atoms with van der Waals surface area (Å²) in [6.45, 7) is 4.18. The Bertz CT molecular complexity index is 371. The van der Waals surface area contributed by atoms with Gasteiger partial charge in [0.05, 0.1) is 18.8 Å². The minimum Gasteiger partial charge on any atom is -0.394 e. The van der Waals surface area contributed by atoms with Gasteiger partial charge in [-0.25, -0.2) is 0 Å². The minimum absolute atomic E-state index is 0.0540. The van der Waals surface area contributed by atoms with E-state index < -0.39 is 12.1 Å². The van der Waals surface area contributed by atoms with Gasteiger partial charge in [-0.05, 0) is 38.5 Å². The van der Waals surface area contributed by atoms with Gasteiger partial charge in [-0.1, -0.05) is 83.8 Å². The number of aliphatic hydroxyl groups is 2. The van der Waals surface area contributed by atoms with Crippen LogP contribution < -0.4 is 5.32 Å². The molecule has 1 amide bonds. The highest BCUT2D eigenvalue weighted by Crippen LogP contribution is 2.10. The van der Waals surface area contributed by atoms with Crippen molar-refractivity contribution in [1.82, 2.24) is 5.32 Å². The second kappa shape index (κ2) is 20.9. The standard InChI is InChI=1S/C24H47NO3/c1-3-5-7-9-10-11-12-13-14-15-16-18-20-24(28)25-22(21-26)23(27)19-17-8-6-4-2/h10-11,22-23,26-27H,3-9,12-21H2,1-2H3,(H,25,28)/b11-10-. The molecule has 2 atom stereocenters. The van der Waals surface area contributed by atoms with Gasteiger partial charge in [-0.2, -0.15) is 0 Å². The van der Waals surface area contributed by atoms with Gasteiger partial charge in [-0.3, -0.25) is 4.79 Å². The maximum absolute atomic E-state index is 12.0. The van der Waals surface area contributed by atoms with Crippen molar-refractivity contribution in [2.24, 2.45) is 0 Å². The van der Waals surface area contributed by atoms with E-state index in [2.05, 4.69) is 31.3 Å². The summed E-state index contributed by atoms with van der Waals surface area (Å²) in [6.07, 6.45) is 21.3. The Morgan fingerprint density at radius 3 is 2.00 bits per heavy atom. The lowest BCUT2D eigenvalue weighted by atomic mass is 10.0. The van der Waals surface area contributed by atoms with E-state index >= 15 is 0 Å². The van der Waals surface area contributed by atoms with E-state index in [0.29, 0.717) is 12.8 Å². The predicted octanol–water partition coefficient (Wildman–Crippen LogP) is 5.66. The highest BCUT2D eigenvalue weighted by atomic mass is 16.3. The van der Waals surface area contributed by atoms with Crippen LogP contribution in [0.1, 0.15) is 117 Å². The predicted molar refractivity (Wildman–Crippen MR) is 119 cm³/mol. The third-order valence-electron chi connectivity index (χ3n) is 5.28. The molecular weight excluding hydrogens is 350 g/mol. The van der Waals surface area contributed by atoms with Crippen molar-refractivity contribution >= 4 is 5.91 Å². The van der Waals surface area contributed by atoms with E-state index in [1.54, 1.807) is 0 Å². The molecule has 0 spiro atoms. The Balaban J connectivity index is 3.63. The van der Waals surface area contributed by atoms with Crippen molar-refractivity contribution in [1.29, 1.82) is 0 Å². The average molecular weight is 398 g/mol. The van der Waals surface area contributed by atoms with Gasteiger partial charge in [0, 0.05) is 6.42 Å². The van der Waals surface area contributed by atoms with Crippen LogP contribution in [0.2, 0.25) is 0 Å². The summed E-state index contributed by atoms with van der Waals surface area (Å²) >= 11 is 0. The fraction of sp³-hybridized carbons (Fsp3) is 0.875. The molecule has 0 fully saturated rings. The van der Waals surface area contributed by atoms with E-state index in [-0.39, 0.29) is 12.5 Å². The zero-order chi connectivity index (χ0) is 20.9. The fourth-order valence-electron chi connectivity index (χ4n) is 3.35. The van der Waals surface area contributed by atoms with Crippen LogP contribution in [0.4, 0.5) is 0 Å². The van der Waals surface area contributed by atoms with Crippen molar-refractivity contribution in [3.63, 3.8) is 0 Å². The maximum Gasteiger partial charge on any atom is 0.220 e. The van der Waals surface area contributed by atoms with E-state index in [1.807, 2.05) is 0 Å². The lowest BCUT2D eigenvalue weighted by Gasteiger charge is -2.22. The molecule has 166 valence electrons. The molecule has 0 aliphatic carbocycles. The van der Waals surface area contributed by atoms with Crippen LogP contribution in [-0.4, -0.2) is 34.9 Å². The zero-order valence-corrected chi connectivity index (χ0v) is 18.6. The first-order valence-electron chi connectivity index (χ1n) is 11.9. The van der Waals surface area contributed by atoms with E-state index in [9.17, 15) is 15.0 Å². The number of carbonyl (C=O) groups is 1. The summed E-state index contributed by atoms with van der Waals surface area (Å²) in [7, 11) is 0. The smallest absolute Gasteiger partial charge is 0.220 e. The van der Waals surface area contributed by atoms with Crippen molar-refractivity contribution in [2.75, 3.05) is 6.61 Å². The van der Waals surface area contributed by atoms with E-state index in [1.165, 1.54) is 51.4 Å². The Hall–Kier alpha value is -0.870. The molecule has 0 aromatic rings. The second-order valence-corrected chi connectivity index (χ2v) is 8.05. The molecule has 2 unspecified atom stereocenters. The van der Waals surface area contributed by atoms with Crippen LogP contribution in [0, 0.1) is 0 Å². The summed E-state index contributed by atoms with van der Waals surface area (Å²) in [5.74, 6) is -0.0540. The number of amides is 1. The highest BCUT2D eigenvalue weighted by Gasteiger charge is 2.19. The van der Waals surface area contributed by atoms with Crippen LogP contribution in [0.3, 0.4) is 0 Å². The normalized spacial score (nSPS) is 13.7. The number of aliphatic hydroxyl groups excluding tert-OH is 2. The van der Waals surface area contributed by atoms with Crippen LogP contribution in [0.25, 0.3) is 0 Å². The molecule has 0 aromatic heterocycles. The molecule has 0 bridgehead atoms. The van der Waals surface area contributed by atoms with Gasteiger partial charge in [0.2, 0.25) is 5.91 Å². The first-order chi connectivity index (χ1) is 13.7. The number of nitrogens with one attached hydrogen (secondary N) is 1. The summed E-state index contributed by atoms with van der Waals surface area (Å²) < 4.78 is 0. The number of carbonyl (C=O) groups excluding carboxylic acids is 1. The maximum atomic E-state index is 12.0. The SMILES string of the molecule is CCCCC/C=C\CCCCCCCC(=O)NC(CO)C(O)CCCCCC. The molecule has 0 heterocycles. The molecule has 4 heteroatoms. The molecule has 0 saturated carbocycles. The van der Waals surface area contributed by atoms with Crippen molar-refractivity contribution in [3.05, 3.63) is 12.2 Å². The quantitative estimate of drug-likeness (QED) is 0.183. The van der Waals surface area contributed by atoms with Gasteiger partial charge in [-0.15, -0.1) is 0 Å². The van der Waals surface area contributed by atoms with E-state index in [0.717, 1.165) is 38.5 Å². The molecule has 0 radical (unpaired) electrons. The average Bonchev–Trinajstić information content (AvgIpc) is 2.70. The molecular formula is C24H47NO3. The van der Waals surface area contributed by atoms with Gasteiger partial charge in [0.1, 0.15) is 0 Å². The molecule has 0 rings (SSSR count). The van der Waals surface area contributed by atoms with Crippen molar-refractivity contribution in [3.8, 4) is 0 Å². The first kappa shape index (κ1) is 27.1.